The van der Waals surface area contributed by atoms with E-state index in [9.17, 15) is 13.6 Å². The van der Waals surface area contributed by atoms with Gasteiger partial charge in [-0.15, -0.1) is 0 Å². The van der Waals surface area contributed by atoms with Gasteiger partial charge in [-0.25, -0.2) is 8.78 Å². The highest BCUT2D eigenvalue weighted by Crippen LogP contribution is 2.25. The Balaban J connectivity index is 1.33. The van der Waals surface area contributed by atoms with Crippen LogP contribution in [-0.4, -0.2) is 46.1 Å². The van der Waals surface area contributed by atoms with E-state index in [2.05, 4.69) is 20.4 Å². The normalized spacial score (nSPS) is 19.6. The van der Waals surface area contributed by atoms with Crippen LogP contribution >= 0.6 is 0 Å². The number of hydrogen-bond acceptors (Lipinski definition) is 5. The third kappa shape index (κ3) is 4.22. The van der Waals surface area contributed by atoms with Crippen LogP contribution in [0.4, 0.5) is 8.78 Å². The molecule has 1 amide bonds. The largest absolute Gasteiger partial charge is 0.346 e. The van der Waals surface area contributed by atoms with E-state index >= 15 is 0 Å². The van der Waals surface area contributed by atoms with Gasteiger partial charge in [0.15, 0.2) is 0 Å². The first kappa shape index (κ1) is 19.0. The Hall–Kier alpha value is -2.35. The molecule has 0 spiro atoms. The van der Waals surface area contributed by atoms with Gasteiger partial charge in [0.1, 0.15) is 11.6 Å². The van der Waals surface area contributed by atoms with E-state index in [0.29, 0.717) is 6.04 Å². The lowest BCUT2D eigenvalue weighted by Gasteiger charge is -2.39. The van der Waals surface area contributed by atoms with Crippen molar-refractivity contribution in [3.05, 3.63) is 35.7 Å². The van der Waals surface area contributed by atoms with Crippen LogP contribution < -0.4 is 5.32 Å². The average Bonchev–Trinajstić information content (AvgIpc) is 3.19. The summed E-state index contributed by atoms with van der Waals surface area (Å²) in [6, 6.07) is 3.80. The molecule has 0 radical (unpaired) electrons. The molecule has 1 saturated carbocycles. The van der Waals surface area contributed by atoms with Crippen molar-refractivity contribution in [3.8, 4) is 11.5 Å². The highest BCUT2D eigenvalue weighted by Gasteiger charge is 2.28. The summed E-state index contributed by atoms with van der Waals surface area (Å²) < 4.78 is 31.9. The minimum absolute atomic E-state index is 0.0336. The molecule has 8 heteroatoms. The van der Waals surface area contributed by atoms with E-state index in [4.69, 9.17) is 4.52 Å². The highest BCUT2D eigenvalue weighted by molar-refractivity contribution is 5.90. The molecule has 150 valence electrons. The summed E-state index contributed by atoms with van der Waals surface area (Å²) in [5.41, 5.74) is -0.0336. The van der Waals surface area contributed by atoms with Crippen molar-refractivity contribution in [3.63, 3.8) is 0 Å². The number of aromatic nitrogens is 2. The van der Waals surface area contributed by atoms with E-state index in [1.807, 2.05) is 0 Å². The van der Waals surface area contributed by atoms with Crippen molar-refractivity contribution < 1.29 is 18.1 Å². The van der Waals surface area contributed by atoms with E-state index in [1.54, 1.807) is 0 Å². The van der Waals surface area contributed by atoms with Gasteiger partial charge in [-0.1, -0.05) is 24.4 Å². The first-order valence-electron chi connectivity index (χ1n) is 9.94. The molecule has 1 aliphatic carbocycles. The SMILES string of the molecule is O=C(NC1CCN(C2CCCCC2)CC1)c1noc(-c2ccc(F)cc2F)n1. The number of rotatable bonds is 4. The number of carbonyl (C=O) groups is 1. The standard InChI is InChI=1S/C20H24F2N4O2/c21-13-6-7-16(17(22)12-13)20-24-18(25-28-20)19(27)23-14-8-10-26(11-9-14)15-4-2-1-3-5-15/h6-7,12,14-15H,1-5,8-11H2,(H,23,27). The molecule has 1 aromatic carbocycles. The van der Waals surface area contributed by atoms with Crippen molar-refractivity contribution in [2.75, 3.05) is 13.1 Å². The molecule has 1 aromatic heterocycles. The van der Waals surface area contributed by atoms with Crippen molar-refractivity contribution in [1.82, 2.24) is 20.4 Å². The van der Waals surface area contributed by atoms with Crippen LogP contribution in [0.25, 0.3) is 11.5 Å². The maximum atomic E-state index is 13.8. The number of likely N-dealkylation sites (tertiary alicyclic amines) is 1. The van der Waals surface area contributed by atoms with Crippen molar-refractivity contribution in [2.24, 2.45) is 0 Å². The van der Waals surface area contributed by atoms with Crippen LogP contribution in [-0.2, 0) is 0 Å². The van der Waals surface area contributed by atoms with Gasteiger partial charge in [-0.05, 0) is 37.8 Å². The molecule has 2 aromatic rings. The monoisotopic (exact) mass is 390 g/mol. The minimum atomic E-state index is -0.814. The fraction of sp³-hybridized carbons (Fsp3) is 0.550. The van der Waals surface area contributed by atoms with Gasteiger partial charge >= 0.3 is 0 Å². The smallest absolute Gasteiger partial charge is 0.292 e. The molecule has 28 heavy (non-hydrogen) atoms. The van der Waals surface area contributed by atoms with Crippen molar-refractivity contribution >= 4 is 5.91 Å². The Labute approximate surface area is 162 Å². The Morgan fingerprint density at radius 1 is 1.11 bits per heavy atom. The fourth-order valence-corrected chi connectivity index (χ4v) is 4.19. The predicted octanol–water partition coefficient (Wildman–Crippen LogP) is 3.54. The third-order valence-corrected chi connectivity index (χ3v) is 5.75. The molecule has 2 heterocycles. The van der Waals surface area contributed by atoms with Crippen LogP contribution in [0.15, 0.2) is 22.7 Å². The number of halogens is 2. The molecule has 1 aliphatic heterocycles. The molecule has 1 saturated heterocycles. The Morgan fingerprint density at radius 3 is 2.57 bits per heavy atom. The maximum absolute atomic E-state index is 13.8. The van der Waals surface area contributed by atoms with Gasteiger partial charge in [0.2, 0.25) is 0 Å². The second kappa shape index (κ2) is 8.34. The van der Waals surface area contributed by atoms with Gasteiger partial charge in [0.05, 0.1) is 5.56 Å². The molecular formula is C20H24F2N4O2. The van der Waals surface area contributed by atoms with E-state index in [1.165, 1.54) is 38.2 Å². The summed E-state index contributed by atoms with van der Waals surface area (Å²) in [4.78, 5) is 18.9. The Kier molecular flexibility index (Phi) is 5.66. The number of benzene rings is 1. The van der Waals surface area contributed by atoms with E-state index in [-0.39, 0.29) is 23.3 Å². The second-order valence-electron chi connectivity index (χ2n) is 7.62. The zero-order valence-corrected chi connectivity index (χ0v) is 15.7. The molecule has 2 aliphatic rings. The van der Waals surface area contributed by atoms with Gasteiger partial charge in [0, 0.05) is 31.2 Å². The molecule has 0 unspecified atom stereocenters. The summed E-state index contributed by atoms with van der Waals surface area (Å²) in [6.45, 7) is 1.96. The lowest BCUT2D eigenvalue weighted by atomic mass is 9.92. The van der Waals surface area contributed by atoms with Crippen molar-refractivity contribution in [2.45, 2.75) is 57.0 Å². The molecule has 6 nitrogen and oxygen atoms in total. The molecule has 1 N–H and O–H groups in total. The van der Waals surface area contributed by atoms with Gasteiger partial charge in [-0.2, -0.15) is 4.98 Å². The fourth-order valence-electron chi connectivity index (χ4n) is 4.19. The van der Waals surface area contributed by atoms with Crippen LogP contribution in [0.3, 0.4) is 0 Å². The summed E-state index contributed by atoms with van der Waals surface area (Å²) >= 11 is 0. The van der Waals surface area contributed by atoms with E-state index < -0.39 is 17.5 Å². The van der Waals surface area contributed by atoms with Crippen molar-refractivity contribution in [1.29, 1.82) is 0 Å². The van der Waals surface area contributed by atoms with Crippen LogP contribution in [0, 0.1) is 11.6 Å². The predicted molar refractivity (Wildman–Crippen MR) is 98.6 cm³/mol. The highest BCUT2D eigenvalue weighted by atomic mass is 19.1. The Morgan fingerprint density at radius 2 is 1.86 bits per heavy atom. The summed E-state index contributed by atoms with van der Waals surface area (Å²) in [5.74, 6) is -2.24. The van der Waals surface area contributed by atoms with Gasteiger partial charge in [0.25, 0.3) is 17.6 Å². The third-order valence-electron chi connectivity index (χ3n) is 5.75. The quantitative estimate of drug-likeness (QED) is 0.865. The molecule has 4 rings (SSSR count). The number of carbonyl (C=O) groups excluding carboxylic acids is 1. The zero-order valence-electron chi connectivity index (χ0n) is 15.7. The topological polar surface area (TPSA) is 71.3 Å². The summed E-state index contributed by atoms with van der Waals surface area (Å²) in [7, 11) is 0. The zero-order chi connectivity index (χ0) is 19.5. The number of nitrogens with one attached hydrogen (secondary N) is 1. The molecular weight excluding hydrogens is 366 g/mol. The summed E-state index contributed by atoms with van der Waals surface area (Å²) in [5, 5.41) is 6.58. The van der Waals surface area contributed by atoms with Crippen LogP contribution in [0.2, 0.25) is 0 Å². The Bertz CT molecular complexity index is 827. The first-order valence-corrected chi connectivity index (χ1v) is 9.94. The van der Waals surface area contributed by atoms with Crippen LogP contribution in [0.1, 0.15) is 55.6 Å². The first-order chi connectivity index (χ1) is 13.6. The van der Waals surface area contributed by atoms with Gasteiger partial charge in [-0.3, -0.25) is 4.79 Å². The molecule has 0 atom stereocenters. The number of piperidine rings is 1. The van der Waals surface area contributed by atoms with Crippen LogP contribution in [0.5, 0.6) is 0 Å². The molecule has 2 fully saturated rings. The minimum Gasteiger partial charge on any atom is -0.346 e. The lowest BCUT2D eigenvalue weighted by Crippen LogP contribution is -2.48. The second-order valence-corrected chi connectivity index (χ2v) is 7.62. The lowest BCUT2D eigenvalue weighted by molar-refractivity contribution is 0.0853. The summed E-state index contributed by atoms with van der Waals surface area (Å²) in [6.07, 6.45) is 8.31. The maximum Gasteiger partial charge on any atom is 0.292 e. The average molecular weight is 390 g/mol. The molecule has 0 bridgehead atoms. The number of nitrogens with zero attached hydrogens (tertiary/aromatic N) is 3. The number of hydrogen-bond donors (Lipinski definition) is 1. The van der Waals surface area contributed by atoms with Gasteiger partial charge < -0.3 is 14.7 Å². The number of amides is 1. The van der Waals surface area contributed by atoms with E-state index in [0.717, 1.165) is 38.1 Å².